The predicted octanol–water partition coefficient (Wildman–Crippen LogP) is 4.45. The molecule has 0 aliphatic carbocycles. The molecule has 0 unspecified atom stereocenters. The molecule has 0 saturated heterocycles. The maximum Gasteiger partial charge on any atom is 0.226 e. The van der Waals surface area contributed by atoms with E-state index in [1.54, 1.807) is 11.3 Å². The molecule has 0 radical (unpaired) electrons. The number of unbranched alkanes of at least 4 members (excludes halogenated alkanes) is 2. The van der Waals surface area contributed by atoms with Crippen molar-refractivity contribution in [1.82, 2.24) is 9.97 Å². The van der Waals surface area contributed by atoms with Crippen molar-refractivity contribution in [3.63, 3.8) is 0 Å². The van der Waals surface area contributed by atoms with Crippen molar-refractivity contribution in [3.8, 4) is 0 Å². The zero-order valence-electron chi connectivity index (χ0n) is 13.6. The first-order valence-corrected chi connectivity index (χ1v) is 8.70. The van der Waals surface area contributed by atoms with Gasteiger partial charge in [0.15, 0.2) is 0 Å². The molecular weight excluding hydrogens is 280 g/mol. The second-order valence-electron chi connectivity index (χ2n) is 5.50. The number of thiophene rings is 1. The zero-order chi connectivity index (χ0) is 15.2. The van der Waals surface area contributed by atoms with Gasteiger partial charge in [0, 0.05) is 25.0 Å². The van der Waals surface area contributed by atoms with Crippen LogP contribution in [0.2, 0.25) is 0 Å². The van der Waals surface area contributed by atoms with Crippen LogP contribution < -0.4 is 10.2 Å². The molecule has 0 bridgehead atoms. The first-order valence-electron chi connectivity index (χ1n) is 7.88. The van der Waals surface area contributed by atoms with Crippen LogP contribution in [0.25, 0.3) is 10.2 Å². The van der Waals surface area contributed by atoms with Crippen molar-refractivity contribution < 1.29 is 0 Å². The lowest BCUT2D eigenvalue weighted by Crippen LogP contribution is -2.20. The summed E-state index contributed by atoms with van der Waals surface area (Å²) in [5.41, 5.74) is 0. The van der Waals surface area contributed by atoms with E-state index in [4.69, 9.17) is 4.98 Å². The fourth-order valence-corrected chi connectivity index (χ4v) is 3.21. The Morgan fingerprint density at radius 2 is 2.00 bits per heavy atom. The van der Waals surface area contributed by atoms with Crippen molar-refractivity contribution in [3.05, 3.63) is 10.9 Å². The molecule has 0 atom stereocenters. The van der Waals surface area contributed by atoms with Crippen molar-refractivity contribution in [2.75, 3.05) is 30.4 Å². The molecule has 0 spiro atoms. The van der Waals surface area contributed by atoms with Crippen LogP contribution in [0.1, 0.15) is 44.4 Å². The molecule has 0 aromatic carbocycles. The normalized spacial score (nSPS) is 11.0. The summed E-state index contributed by atoms with van der Waals surface area (Å²) in [5, 5.41) is 4.50. The first-order chi connectivity index (χ1) is 10.2. The molecule has 1 N–H and O–H groups in total. The zero-order valence-corrected chi connectivity index (χ0v) is 14.4. The van der Waals surface area contributed by atoms with Gasteiger partial charge in [-0.3, -0.25) is 0 Å². The highest BCUT2D eigenvalue weighted by atomic mass is 32.1. The van der Waals surface area contributed by atoms with Gasteiger partial charge in [0.2, 0.25) is 5.95 Å². The molecule has 0 fully saturated rings. The number of hydrogen-bond donors (Lipinski definition) is 1. The van der Waals surface area contributed by atoms with Crippen LogP contribution >= 0.6 is 11.3 Å². The van der Waals surface area contributed by atoms with Gasteiger partial charge in [-0.2, -0.15) is 4.98 Å². The SMILES string of the molecule is CCCCCN(C)c1nc(NCCC)nc2sc(C)cc12. The summed E-state index contributed by atoms with van der Waals surface area (Å²) < 4.78 is 0. The lowest BCUT2D eigenvalue weighted by Gasteiger charge is -2.19. The highest BCUT2D eigenvalue weighted by Gasteiger charge is 2.13. The molecule has 0 aliphatic heterocycles. The summed E-state index contributed by atoms with van der Waals surface area (Å²) in [6.45, 7) is 8.47. The average molecular weight is 306 g/mol. The number of fused-ring (bicyclic) bond motifs is 1. The van der Waals surface area contributed by atoms with Crippen LogP contribution in [0.15, 0.2) is 6.07 Å². The van der Waals surface area contributed by atoms with E-state index in [0.717, 1.165) is 36.1 Å². The van der Waals surface area contributed by atoms with Gasteiger partial charge in [0.1, 0.15) is 10.6 Å². The Kier molecular flexibility index (Phi) is 5.79. The third-order valence-electron chi connectivity index (χ3n) is 3.49. The van der Waals surface area contributed by atoms with Crippen molar-refractivity contribution in [2.45, 2.75) is 46.5 Å². The van der Waals surface area contributed by atoms with Gasteiger partial charge in [-0.1, -0.05) is 26.7 Å². The highest BCUT2D eigenvalue weighted by molar-refractivity contribution is 7.18. The molecule has 21 heavy (non-hydrogen) atoms. The second kappa shape index (κ2) is 7.59. The van der Waals surface area contributed by atoms with Crippen LogP contribution in [-0.2, 0) is 0 Å². The van der Waals surface area contributed by atoms with Gasteiger partial charge >= 0.3 is 0 Å². The minimum absolute atomic E-state index is 0.753. The quantitative estimate of drug-likeness (QED) is 0.732. The van der Waals surface area contributed by atoms with E-state index in [0.29, 0.717) is 0 Å². The molecule has 2 heterocycles. The standard InChI is InChI=1S/C16H26N4S/c1-5-7-8-10-20(4)14-13-11-12(3)21-15(13)19-16(18-14)17-9-6-2/h11H,5-10H2,1-4H3,(H,17,18,19). The molecule has 0 saturated carbocycles. The van der Waals surface area contributed by atoms with E-state index in [2.05, 4.69) is 49.1 Å². The van der Waals surface area contributed by atoms with Gasteiger partial charge < -0.3 is 10.2 Å². The summed E-state index contributed by atoms with van der Waals surface area (Å²) in [5.74, 6) is 1.81. The molecular formula is C16H26N4S. The molecule has 2 aromatic rings. The molecule has 2 aromatic heterocycles. The summed E-state index contributed by atoms with van der Waals surface area (Å²) in [6.07, 6.45) is 4.79. The highest BCUT2D eigenvalue weighted by Crippen LogP contribution is 2.31. The fourth-order valence-electron chi connectivity index (χ4n) is 2.34. The molecule has 4 nitrogen and oxygen atoms in total. The van der Waals surface area contributed by atoms with Crippen LogP contribution in [0.5, 0.6) is 0 Å². The number of rotatable bonds is 8. The van der Waals surface area contributed by atoms with Crippen LogP contribution in [-0.4, -0.2) is 30.1 Å². The number of nitrogens with zero attached hydrogens (tertiary/aromatic N) is 3. The molecule has 116 valence electrons. The Morgan fingerprint density at radius 1 is 1.19 bits per heavy atom. The summed E-state index contributed by atoms with van der Waals surface area (Å²) in [7, 11) is 2.13. The molecule has 2 rings (SSSR count). The topological polar surface area (TPSA) is 41.1 Å². The minimum atomic E-state index is 0.753. The Balaban J connectivity index is 2.29. The molecule has 0 aliphatic rings. The lowest BCUT2D eigenvalue weighted by molar-refractivity contribution is 0.702. The van der Waals surface area contributed by atoms with Crippen LogP contribution in [0, 0.1) is 6.92 Å². The van der Waals surface area contributed by atoms with Gasteiger partial charge in [-0.25, -0.2) is 4.98 Å². The van der Waals surface area contributed by atoms with Gasteiger partial charge in [0.25, 0.3) is 0 Å². The number of hydrogen-bond acceptors (Lipinski definition) is 5. The summed E-state index contributed by atoms with van der Waals surface area (Å²) >= 11 is 1.74. The Hall–Kier alpha value is -1.36. The summed E-state index contributed by atoms with van der Waals surface area (Å²) in [6, 6.07) is 2.20. The Labute approximate surface area is 131 Å². The van der Waals surface area contributed by atoms with Gasteiger partial charge in [-0.15, -0.1) is 11.3 Å². The number of aromatic nitrogens is 2. The minimum Gasteiger partial charge on any atom is -0.359 e. The second-order valence-corrected chi connectivity index (χ2v) is 6.74. The molecule has 0 amide bonds. The fraction of sp³-hybridized carbons (Fsp3) is 0.625. The largest absolute Gasteiger partial charge is 0.359 e. The lowest BCUT2D eigenvalue weighted by atomic mass is 10.2. The smallest absolute Gasteiger partial charge is 0.226 e. The monoisotopic (exact) mass is 306 g/mol. The van der Waals surface area contributed by atoms with E-state index in [-0.39, 0.29) is 0 Å². The first kappa shape index (κ1) is 16.0. The maximum absolute atomic E-state index is 4.74. The van der Waals surface area contributed by atoms with Gasteiger partial charge in [0.05, 0.1) is 5.39 Å². The van der Waals surface area contributed by atoms with E-state index in [1.807, 2.05) is 0 Å². The van der Waals surface area contributed by atoms with Crippen LogP contribution in [0.4, 0.5) is 11.8 Å². The van der Waals surface area contributed by atoms with E-state index >= 15 is 0 Å². The van der Waals surface area contributed by atoms with Crippen molar-refractivity contribution in [1.29, 1.82) is 0 Å². The Bertz CT molecular complexity index is 579. The maximum atomic E-state index is 4.74. The third-order valence-corrected chi connectivity index (χ3v) is 4.43. The van der Waals surface area contributed by atoms with E-state index in [9.17, 15) is 0 Å². The van der Waals surface area contributed by atoms with E-state index < -0.39 is 0 Å². The van der Waals surface area contributed by atoms with E-state index in [1.165, 1.54) is 29.5 Å². The van der Waals surface area contributed by atoms with Crippen molar-refractivity contribution in [2.24, 2.45) is 0 Å². The van der Waals surface area contributed by atoms with Gasteiger partial charge in [-0.05, 0) is 25.8 Å². The predicted molar refractivity (Wildman–Crippen MR) is 93.7 cm³/mol. The number of aryl methyl sites for hydroxylation is 1. The van der Waals surface area contributed by atoms with Crippen LogP contribution in [0.3, 0.4) is 0 Å². The number of nitrogens with one attached hydrogen (secondary N) is 1. The molecule has 5 heteroatoms. The Morgan fingerprint density at radius 3 is 2.71 bits per heavy atom. The summed E-state index contributed by atoms with van der Waals surface area (Å²) in [4.78, 5) is 14.0. The van der Waals surface area contributed by atoms with Crippen molar-refractivity contribution >= 4 is 33.3 Å². The third kappa shape index (κ3) is 4.06. The average Bonchev–Trinajstić information content (AvgIpc) is 2.84. The number of anilines is 2.